The Kier molecular flexibility index (Phi) is 7.21. The summed E-state index contributed by atoms with van der Waals surface area (Å²) in [6, 6.07) is 49.6. The van der Waals surface area contributed by atoms with Crippen LogP contribution in [-0.4, -0.2) is 20.8 Å². The summed E-state index contributed by atoms with van der Waals surface area (Å²) in [5.74, 6) is 2.41. The normalized spacial score (nSPS) is 12.9. The van der Waals surface area contributed by atoms with E-state index in [4.69, 9.17) is 4.74 Å². The fourth-order valence-corrected chi connectivity index (χ4v) is 7.38. The molecule has 51 heavy (non-hydrogen) atoms. The first kappa shape index (κ1) is 30.8. The van der Waals surface area contributed by atoms with Crippen LogP contribution >= 0.6 is 0 Å². The highest BCUT2D eigenvalue weighted by Crippen LogP contribution is 2.48. The van der Waals surface area contributed by atoms with E-state index >= 15 is 0 Å². The zero-order valence-corrected chi connectivity index (χ0v) is 29.3. The second-order valence-corrected chi connectivity index (χ2v) is 14.3. The van der Waals surface area contributed by atoms with Crippen LogP contribution < -0.4 is 14.5 Å². The SMILES string of the molecule is Cn1ccnc1-n1c2ccccc2c2ccc(Oc3cccc(N4CN(c5cc(C(C)(C)C)ccc5-c5ccccc5)c5ccccc54)c3)cc21. The van der Waals surface area contributed by atoms with Gasteiger partial charge in [0.2, 0.25) is 5.95 Å². The molecule has 0 bridgehead atoms. The van der Waals surface area contributed by atoms with Gasteiger partial charge in [-0.25, -0.2) is 4.98 Å². The van der Waals surface area contributed by atoms with E-state index in [2.05, 4.69) is 174 Å². The maximum Gasteiger partial charge on any atom is 0.214 e. The molecule has 0 unspecified atom stereocenters. The van der Waals surface area contributed by atoms with Gasteiger partial charge in [-0.2, -0.15) is 0 Å². The second-order valence-electron chi connectivity index (χ2n) is 14.3. The molecule has 0 saturated heterocycles. The lowest BCUT2D eigenvalue weighted by atomic mass is 9.85. The van der Waals surface area contributed by atoms with Crippen LogP contribution in [0.5, 0.6) is 11.5 Å². The highest BCUT2D eigenvalue weighted by Gasteiger charge is 2.30. The van der Waals surface area contributed by atoms with E-state index in [1.54, 1.807) is 0 Å². The van der Waals surface area contributed by atoms with Crippen molar-refractivity contribution >= 4 is 44.6 Å². The minimum Gasteiger partial charge on any atom is -0.457 e. The van der Waals surface area contributed by atoms with Gasteiger partial charge < -0.3 is 19.1 Å². The zero-order valence-electron chi connectivity index (χ0n) is 29.3. The van der Waals surface area contributed by atoms with E-state index in [9.17, 15) is 0 Å². The number of nitrogens with zero attached hydrogens (tertiary/aromatic N) is 5. The van der Waals surface area contributed by atoms with Gasteiger partial charge in [0.05, 0.1) is 28.1 Å². The molecular formula is C45H39N5O. The number of ether oxygens (including phenoxy) is 1. The minimum atomic E-state index is 0.0172. The number of anilines is 4. The molecule has 8 aromatic rings. The Bertz CT molecular complexity index is 2560. The van der Waals surface area contributed by atoms with E-state index < -0.39 is 0 Å². The summed E-state index contributed by atoms with van der Waals surface area (Å²) in [5.41, 5.74) is 10.5. The summed E-state index contributed by atoms with van der Waals surface area (Å²) in [5, 5.41) is 2.35. The number of aromatic nitrogens is 3. The topological polar surface area (TPSA) is 38.5 Å². The van der Waals surface area contributed by atoms with Crippen LogP contribution in [0.3, 0.4) is 0 Å². The average molecular weight is 666 g/mol. The molecule has 0 amide bonds. The number of aryl methyl sites for hydroxylation is 1. The second kappa shape index (κ2) is 12.0. The van der Waals surface area contributed by atoms with Crippen molar-refractivity contribution in [3.05, 3.63) is 157 Å². The van der Waals surface area contributed by atoms with Crippen molar-refractivity contribution in [3.63, 3.8) is 0 Å². The Morgan fingerprint density at radius 2 is 1.33 bits per heavy atom. The number of rotatable bonds is 6. The first-order valence-electron chi connectivity index (χ1n) is 17.5. The lowest BCUT2D eigenvalue weighted by molar-refractivity contribution is 0.483. The van der Waals surface area contributed by atoms with E-state index in [1.807, 2.05) is 30.1 Å². The van der Waals surface area contributed by atoms with Gasteiger partial charge in [0.1, 0.15) is 18.2 Å². The van der Waals surface area contributed by atoms with Gasteiger partial charge in [-0.1, -0.05) is 99.6 Å². The number of para-hydroxylation sites is 3. The molecule has 0 aliphatic carbocycles. The van der Waals surface area contributed by atoms with Crippen LogP contribution in [0, 0.1) is 0 Å². The molecule has 0 N–H and O–H groups in total. The van der Waals surface area contributed by atoms with Crippen LogP contribution in [0.2, 0.25) is 0 Å². The van der Waals surface area contributed by atoms with Gasteiger partial charge in [0.15, 0.2) is 0 Å². The number of hydrogen-bond donors (Lipinski definition) is 0. The maximum atomic E-state index is 6.63. The minimum absolute atomic E-state index is 0.0172. The quantitative estimate of drug-likeness (QED) is 0.177. The number of fused-ring (bicyclic) bond motifs is 4. The van der Waals surface area contributed by atoms with Crippen molar-refractivity contribution in [1.82, 2.24) is 14.1 Å². The smallest absolute Gasteiger partial charge is 0.214 e. The molecule has 0 saturated carbocycles. The summed E-state index contributed by atoms with van der Waals surface area (Å²) in [6.45, 7) is 7.51. The van der Waals surface area contributed by atoms with Crippen LogP contribution in [0.4, 0.5) is 22.7 Å². The Morgan fingerprint density at radius 1 is 0.608 bits per heavy atom. The average Bonchev–Trinajstić information content (AvgIpc) is 3.84. The third-order valence-corrected chi connectivity index (χ3v) is 9.99. The molecule has 2 aromatic heterocycles. The largest absolute Gasteiger partial charge is 0.457 e. The molecular weight excluding hydrogens is 627 g/mol. The van der Waals surface area contributed by atoms with Crippen molar-refractivity contribution in [2.75, 3.05) is 16.5 Å². The standard InChI is InChI=1S/C45H39N5O/c1-45(2,3)32-21-23-36(31-13-6-5-7-14-31)42(27-32)49-30-48(40-19-10-11-20-41(40)49)33-15-12-16-34(28-33)51-35-22-24-38-37-17-8-9-18-39(37)50(43(38)29-35)44-46-25-26-47(44)4/h5-29H,30H2,1-4H3. The zero-order chi connectivity index (χ0) is 34.7. The summed E-state index contributed by atoms with van der Waals surface area (Å²) in [6.07, 6.45) is 3.81. The molecule has 3 heterocycles. The van der Waals surface area contributed by atoms with Gasteiger partial charge in [0.25, 0.3) is 0 Å². The molecule has 0 radical (unpaired) electrons. The molecule has 1 aliphatic rings. The molecule has 6 aromatic carbocycles. The predicted octanol–water partition coefficient (Wildman–Crippen LogP) is 11.5. The molecule has 0 fully saturated rings. The van der Waals surface area contributed by atoms with Crippen LogP contribution in [0.25, 0.3) is 38.9 Å². The summed E-state index contributed by atoms with van der Waals surface area (Å²) >= 11 is 0. The lowest BCUT2D eigenvalue weighted by Crippen LogP contribution is -2.25. The summed E-state index contributed by atoms with van der Waals surface area (Å²) in [4.78, 5) is 9.52. The van der Waals surface area contributed by atoms with Crippen molar-refractivity contribution in [2.45, 2.75) is 26.2 Å². The monoisotopic (exact) mass is 665 g/mol. The third kappa shape index (κ3) is 5.31. The first-order valence-corrected chi connectivity index (χ1v) is 17.5. The Labute approximate surface area is 298 Å². The Hall–Kier alpha value is -6.27. The molecule has 6 heteroatoms. The number of imidazole rings is 1. The predicted molar refractivity (Wildman–Crippen MR) is 210 cm³/mol. The number of benzene rings is 6. The van der Waals surface area contributed by atoms with E-state index in [1.165, 1.54) is 33.5 Å². The molecule has 6 nitrogen and oxygen atoms in total. The van der Waals surface area contributed by atoms with Crippen LogP contribution in [-0.2, 0) is 12.5 Å². The van der Waals surface area contributed by atoms with Gasteiger partial charge in [0, 0.05) is 53.6 Å². The molecule has 0 spiro atoms. The third-order valence-electron chi connectivity index (χ3n) is 9.99. The van der Waals surface area contributed by atoms with Gasteiger partial charge in [-0.15, -0.1) is 0 Å². The van der Waals surface area contributed by atoms with Crippen LogP contribution in [0.15, 0.2) is 152 Å². The lowest BCUT2D eigenvalue weighted by Gasteiger charge is -2.27. The van der Waals surface area contributed by atoms with E-state index in [0.717, 1.165) is 45.2 Å². The molecule has 250 valence electrons. The number of hydrogen-bond acceptors (Lipinski definition) is 4. The van der Waals surface area contributed by atoms with Gasteiger partial charge >= 0.3 is 0 Å². The van der Waals surface area contributed by atoms with Crippen molar-refractivity contribution in [1.29, 1.82) is 0 Å². The molecule has 0 atom stereocenters. The Balaban J connectivity index is 1.09. The van der Waals surface area contributed by atoms with Crippen molar-refractivity contribution in [3.8, 4) is 28.6 Å². The maximum absolute atomic E-state index is 6.63. The van der Waals surface area contributed by atoms with Crippen LogP contribution in [0.1, 0.15) is 26.3 Å². The van der Waals surface area contributed by atoms with Crippen molar-refractivity contribution in [2.24, 2.45) is 7.05 Å². The highest BCUT2D eigenvalue weighted by atomic mass is 16.5. The molecule has 1 aliphatic heterocycles. The fraction of sp³-hybridized carbons (Fsp3) is 0.133. The Morgan fingerprint density at radius 3 is 2.12 bits per heavy atom. The van der Waals surface area contributed by atoms with Gasteiger partial charge in [-0.05, 0) is 65.1 Å². The first-order chi connectivity index (χ1) is 24.8. The van der Waals surface area contributed by atoms with E-state index in [-0.39, 0.29) is 5.41 Å². The highest BCUT2D eigenvalue weighted by molar-refractivity contribution is 6.09. The van der Waals surface area contributed by atoms with Crippen molar-refractivity contribution < 1.29 is 4.74 Å². The van der Waals surface area contributed by atoms with E-state index in [0.29, 0.717) is 6.67 Å². The fourth-order valence-electron chi connectivity index (χ4n) is 7.38. The molecule has 9 rings (SSSR count). The summed E-state index contributed by atoms with van der Waals surface area (Å²) < 4.78 is 10.9. The summed E-state index contributed by atoms with van der Waals surface area (Å²) in [7, 11) is 2.02. The van der Waals surface area contributed by atoms with Gasteiger partial charge in [-0.3, -0.25) is 4.57 Å².